The first-order chi connectivity index (χ1) is 9.72. The SMILES string of the molecule is NC(=O)Cc1cc(-n2cncn2)nc(-c2ccco2)n1. The number of primary amides is 1. The fraction of sp³-hybridized carbons (Fsp3) is 0.0833. The Kier molecular flexibility index (Phi) is 2.96. The third-order valence-electron chi connectivity index (χ3n) is 2.52. The van der Waals surface area contributed by atoms with Crippen LogP contribution in [0.15, 0.2) is 41.5 Å². The summed E-state index contributed by atoms with van der Waals surface area (Å²) in [6.45, 7) is 0. The number of nitrogens with two attached hydrogens (primary N) is 1. The monoisotopic (exact) mass is 270 g/mol. The quantitative estimate of drug-likeness (QED) is 0.731. The van der Waals surface area contributed by atoms with Crippen LogP contribution >= 0.6 is 0 Å². The van der Waals surface area contributed by atoms with Gasteiger partial charge in [0.2, 0.25) is 5.91 Å². The third-order valence-corrected chi connectivity index (χ3v) is 2.52. The predicted octanol–water partition coefficient (Wildman–Crippen LogP) is 0.345. The summed E-state index contributed by atoms with van der Waals surface area (Å²) in [7, 11) is 0. The molecular formula is C12H10N6O2. The molecule has 0 spiro atoms. The lowest BCUT2D eigenvalue weighted by Crippen LogP contribution is -2.15. The molecule has 0 bridgehead atoms. The summed E-state index contributed by atoms with van der Waals surface area (Å²) in [5.74, 6) is 0.871. The summed E-state index contributed by atoms with van der Waals surface area (Å²) in [5.41, 5.74) is 5.69. The molecule has 0 radical (unpaired) electrons. The van der Waals surface area contributed by atoms with Crippen molar-refractivity contribution in [3.8, 4) is 17.4 Å². The molecule has 0 aliphatic heterocycles. The Balaban J connectivity index is 2.10. The van der Waals surface area contributed by atoms with Crippen molar-refractivity contribution in [3.05, 3.63) is 42.8 Å². The van der Waals surface area contributed by atoms with E-state index in [4.69, 9.17) is 10.2 Å². The highest BCUT2D eigenvalue weighted by Gasteiger charge is 2.12. The average Bonchev–Trinajstić information content (AvgIpc) is 3.11. The van der Waals surface area contributed by atoms with Crippen molar-refractivity contribution < 1.29 is 9.21 Å². The van der Waals surface area contributed by atoms with E-state index < -0.39 is 5.91 Å². The lowest BCUT2D eigenvalue weighted by molar-refractivity contribution is -0.117. The summed E-state index contributed by atoms with van der Waals surface area (Å²) >= 11 is 0. The van der Waals surface area contributed by atoms with Gasteiger partial charge in [0.05, 0.1) is 18.4 Å². The van der Waals surface area contributed by atoms with E-state index in [1.165, 1.54) is 23.6 Å². The summed E-state index contributed by atoms with van der Waals surface area (Å²) in [4.78, 5) is 23.5. The molecule has 0 atom stereocenters. The molecule has 0 fully saturated rings. The number of hydrogen-bond donors (Lipinski definition) is 1. The van der Waals surface area contributed by atoms with Crippen LogP contribution < -0.4 is 5.73 Å². The van der Waals surface area contributed by atoms with Crippen molar-refractivity contribution in [2.75, 3.05) is 0 Å². The minimum atomic E-state index is -0.473. The second kappa shape index (κ2) is 4.92. The number of nitrogens with zero attached hydrogens (tertiary/aromatic N) is 5. The van der Waals surface area contributed by atoms with Crippen LogP contribution in [0.1, 0.15) is 5.69 Å². The summed E-state index contributed by atoms with van der Waals surface area (Å²) in [5, 5.41) is 4.00. The second-order valence-electron chi connectivity index (χ2n) is 4.00. The van der Waals surface area contributed by atoms with Gasteiger partial charge in [-0.1, -0.05) is 0 Å². The number of hydrogen-bond acceptors (Lipinski definition) is 6. The Hall–Kier alpha value is -3.03. The standard InChI is InChI=1S/C12H10N6O2/c13-10(19)4-8-5-11(18-7-14-6-15-18)17-12(16-8)9-2-1-3-20-9/h1-3,5-7H,4H2,(H2,13,19). The van der Waals surface area contributed by atoms with E-state index in [0.29, 0.717) is 23.1 Å². The molecule has 3 aromatic heterocycles. The van der Waals surface area contributed by atoms with Gasteiger partial charge in [-0.2, -0.15) is 5.10 Å². The molecule has 0 aliphatic carbocycles. The van der Waals surface area contributed by atoms with Crippen LogP contribution in [0.3, 0.4) is 0 Å². The maximum Gasteiger partial charge on any atom is 0.223 e. The molecule has 0 aromatic carbocycles. The first kappa shape index (κ1) is 12.0. The minimum absolute atomic E-state index is 0.0118. The normalized spacial score (nSPS) is 10.6. The van der Waals surface area contributed by atoms with Gasteiger partial charge in [-0.05, 0) is 12.1 Å². The highest BCUT2D eigenvalue weighted by Crippen LogP contribution is 2.17. The number of aromatic nitrogens is 5. The molecule has 0 aliphatic rings. The van der Waals surface area contributed by atoms with Gasteiger partial charge in [0.15, 0.2) is 17.4 Å². The van der Waals surface area contributed by atoms with Gasteiger partial charge in [0, 0.05) is 6.07 Å². The van der Waals surface area contributed by atoms with E-state index in [1.807, 2.05) is 0 Å². The van der Waals surface area contributed by atoms with E-state index in [1.54, 1.807) is 18.2 Å². The minimum Gasteiger partial charge on any atom is -0.461 e. The summed E-state index contributed by atoms with van der Waals surface area (Å²) in [6.07, 6.45) is 4.43. The van der Waals surface area contributed by atoms with Gasteiger partial charge < -0.3 is 10.2 Å². The number of carbonyl (C=O) groups is 1. The van der Waals surface area contributed by atoms with Crippen LogP contribution in [0.4, 0.5) is 0 Å². The van der Waals surface area contributed by atoms with Crippen LogP contribution in [0.5, 0.6) is 0 Å². The average molecular weight is 270 g/mol. The Bertz CT molecular complexity index is 668. The molecule has 8 heteroatoms. The molecule has 2 N–H and O–H groups in total. The number of amides is 1. The largest absolute Gasteiger partial charge is 0.461 e. The molecule has 0 unspecified atom stereocenters. The van der Waals surface area contributed by atoms with Crippen LogP contribution in [-0.4, -0.2) is 30.6 Å². The second-order valence-corrected chi connectivity index (χ2v) is 4.00. The zero-order chi connectivity index (χ0) is 13.9. The van der Waals surface area contributed by atoms with Gasteiger partial charge in [0.1, 0.15) is 12.7 Å². The Morgan fingerprint density at radius 2 is 2.30 bits per heavy atom. The highest BCUT2D eigenvalue weighted by molar-refractivity contribution is 5.76. The van der Waals surface area contributed by atoms with Crippen LogP contribution in [0.2, 0.25) is 0 Å². The lowest BCUT2D eigenvalue weighted by atomic mass is 10.2. The maximum atomic E-state index is 11.1. The summed E-state index contributed by atoms with van der Waals surface area (Å²) in [6, 6.07) is 5.09. The number of carbonyl (C=O) groups excluding carboxylic acids is 1. The fourth-order valence-corrected chi connectivity index (χ4v) is 1.71. The highest BCUT2D eigenvalue weighted by atomic mass is 16.3. The zero-order valence-corrected chi connectivity index (χ0v) is 10.3. The Labute approximate surface area is 113 Å². The van der Waals surface area contributed by atoms with E-state index in [-0.39, 0.29) is 6.42 Å². The summed E-state index contributed by atoms with van der Waals surface area (Å²) < 4.78 is 6.74. The molecule has 0 saturated carbocycles. The van der Waals surface area contributed by atoms with Crippen LogP contribution in [-0.2, 0) is 11.2 Å². The van der Waals surface area contributed by atoms with Gasteiger partial charge in [0.25, 0.3) is 0 Å². The van der Waals surface area contributed by atoms with Crippen LogP contribution in [0, 0.1) is 0 Å². The predicted molar refractivity (Wildman–Crippen MR) is 67.5 cm³/mol. The van der Waals surface area contributed by atoms with E-state index in [9.17, 15) is 4.79 Å². The first-order valence-corrected chi connectivity index (χ1v) is 5.77. The Morgan fingerprint density at radius 1 is 1.40 bits per heavy atom. The maximum absolute atomic E-state index is 11.1. The van der Waals surface area contributed by atoms with Crippen molar-refractivity contribution in [2.24, 2.45) is 5.73 Å². The molecule has 100 valence electrons. The van der Waals surface area contributed by atoms with Crippen molar-refractivity contribution in [1.82, 2.24) is 24.7 Å². The molecule has 8 nitrogen and oxygen atoms in total. The van der Waals surface area contributed by atoms with Crippen molar-refractivity contribution in [3.63, 3.8) is 0 Å². The van der Waals surface area contributed by atoms with Gasteiger partial charge in [-0.15, -0.1) is 0 Å². The zero-order valence-electron chi connectivity index (χ0n) is 10.3. The van der Waals surface area contributed by atoms with Crippen molar-refractivity contribution in [2.45, 2.75) is 6.42 Å². The molecule has 3 heterocycles. The van der Waals surface area contributed by atoms with Crippen molar-refractivity contribution in [1.29, 1.82) is 0 Å². The van der Waals surface area contributed by atoms with Crippen LogP contribution in [0.25, 0.3) is 17.4 Å². The smallest absolute Gasteiger partial charge is 0.223 e. The molecule has 0 saturated heterocycles. The molecule has 3 aromatic rings. The van der Waals surface area contributed by atoms with E-state index >= 15 is 0 Å². The molecule has 20 heavy (non-hydrogen) atoms. The molecule has 1 amide bonds. The molecule has 3 rings (SSSR count). The fourth-order valence-electron chi connectivity index (χ4n) is 1.71. The number of furan rings is 1. The number of rotatable bonds is 4. The van der Waals surface area contributed by atoms with Gasteiger partial charge in [-0.25, -0.2) is 19.6 Å². The first-order valence-electron chi connectivity index (χ1n) is 5.77. The van der Waals surface area contributed by atoms with Crippen molar-refractivity contribution >= 4 is 5.91 Å². The topological polar surface area (TPSA) is 113 Å². The van der Waals surface area contributed by atoms with E-state index in [2.05, 4.69) is 20.1 Å². The van der Waals surface area contributed by atoms with Gasteiger partial charge >= 0.3 is 0 Å². The third kappa shape index (κ3) is 2.39. The lowest BCUT2D eigenvalue weighted by Gasteiger charge is -2.05. The van der Waals surface area contributed by atoms with Gasteiger partial charge in [-0.3, -0.25) is 4.79 Å². The molecular weight excluding hydrogens is 260 g/mol. The van der Waals surface area contributed by atoms with E-state index in [0.717, 1.165) is 0 Å². The Morgan fingerprint density at radius 3 is 2.95 bits per heavy atom.